The highest BCUT2D eigenvalue weighted by molar-refractivity contribution is 6.33. The van der Waals surface area contributed by atoms with Crippen molar-refractivity contribution < 1.29 is 32.5 Å². The first-order valence-corrected chi connectivity index (χ1v) is 14.0. The molecule has 9 nitrogen and oxygen atoms in total. The molecule has 1 fully saturated rings. The maximum atomic E-state index is 13.6. The molecule has 2 N–H and O–H groups in total. The van der Waals surface area contributed by atoms with Crippen LogP contribution >= 0.6 is 11.6 Å². The van der Waals surface area contributed by atoms with Gasteiger partial charge in [0.15, 0.2) is 11.6 Å². The minimum atomic E-state index is -4.52. The van der Waals surface area contributed by atoms with E-state index in [9.17, 15) is 23.1 Å². The van der Waals surface area contributed by atoms with Crippen LogP contribution in [0.5, 0.6) is 5.75 Å². The molecule has 0 radical (unpaired) electrons. The zero-order valence-corrected chi connectivity index (χ0v) is 23.9. The Bertz CT molecular complexity index is 1430. The molecule has 0 spiro atoms. The second-order valence-corrected chi connectivity index (χ2v) is 11.1. The number of carbonyl (C=O) groups is 1. The Balaban J connectivity index is 1.35. The number of nitrogens with zero attached hydrogens (tertiary/aromatic N) is 4. The number of piperidine rings is 1. The zero-order chi connectivity index (χ0) is 30.1. The Morgan fingerprint density at radius 2 is 2.00 bits per heavy atom. The van der Waals surface area contributed by atoms with E-state index in [-0.39, 0.29) is 22.3 Å². The van der Waals surface area contributed by atoms with Crippen LogP contribution in [0.1, 0.15) is 38.7 Å². The molecular formula is C29H31ClF3N5O4. The number of ether oxygens (including phenoxy) is 2. The molecule has 1 unspecified atom stereocenters. The van der Waals surface area contributed by atoms with Crippen LogP contribution in [-0.2, 0) is 10.9 Å². The summed E-state index contributed by atoms with van der Waals surface area (Å²) < 4.78 is 51.1. The number of hydrogen-bond donors (Lipinski definition) is 2. The van der Waals surface area contributed by atoms with Crippen LogP contribution in [0.4, 0.5) is 35.3 Å². The van der Waals surface area contributed by atoms with Gasteiger partial charge in [0.2, 0.25) is 0 Å². The largest absolute Gasteiger partial charge is 0.492 e. The van der Waals surface area contributed by atoms with Gasteiger partial charge in [-0.25, -0.2) is 14.8 Å². The van der Waals surface area contributed by atoms with Crippen LogP contribution in [0.3, 0.4) is 0 Å². The van der Waals surface area contributed by atoms with Crippen molar-refractivity contribution in [2.24, 2.45) is 0 Å². The molecule has 0 saturated carbocycles. The molecule has 1 aromatic carbocycles. The highest BCUT2D eigenvalue weighted by Gasteiger charge is 2.39. The number of hydrogen-bond acceptors (Lipinski definition) is 7. The number of nitrogens with one attached hydrogen (secondary N) is 1. The predicted molar refractivity (Wildman–Crippen MR) is 153 cm³/mol. The van der Waals surface area contributed by atoms with E-state index in [1.807, 2.05) is 0 Å². The van der Waals surface area contributed by atoms with Gasteiger partial charge in [-0.15, -0.1) is 0 Å². The SMILES string of the molecule is CC(C)(O)OCCCOc1ccc(NC(=O)N2c3nc(-c4cccc(C(F)(F)F)c4)c(Cl)cc3N3CCCC2C3)nc1. The van der Waals surface area contributed by atoms with Crippen molar-refractivity contribution in [3.05, 3.63) is 59.2 Å². The van der Waals surface area contributed by atoms with Crippen molar-refractivity contribution in [3.63, 3.8) is 0 Å². The van der Waals surface area contributed by atoms with E-state index in [1.165, 1.54) is 18.3 Å². The molecule has 13 heteroatoms. The summed E-state index contributed by atoms with van der Waals surface area (Å²) in [7, 11) is 0. The van der Waals surface area contributed by atoms with Crippen molar-refractivity contribution in [3.8, 4) is 17.0 Å². The average Bonchev–Trinajstić information content (AvgIpc) is 2.93. The molecule has 0 aliphatic carbocycles. The van der Waals surface area contributed by atoms with E-state index in [0.717, 1.165) is 31.5 Å². The summed E-state index contributed by atoms with van der Waals surface area (Å²) >= 11 is 6.56. The van der Waals surface area contributed by atoms with Crippen molar-refractivity contribution in [2.45, 2.75) is 51.1 Å². The molecule has 2 bridgehead atoms. The molecule has 4 heterocycles. The molecule has 2 amide bonds. The highest BCUT2D eigenvalue weighted by atomic mass is 35.5. The molecule has 3 aromatic rings. The van der Waals surface area contributed by atoms with Gasteiger partial charge in [0, 0.05) is 25.1 Å². The molecule has 1 atom stereocenters. The number of anilines is 3. The number of carbonyl (C=O) groups excluding carboxylic acids is 1. The topological polar surface area (TPSA) is 100 Å². The smallest absolute Gasteiger partial charge is 0.416 e. The number of urea groups is 1. The number of fused-ring (bicyclic) bond motifs is 4. The third-order valence-electron chi connectivity index (χ3n) is 6.93. The van der Waals surface area contributed by atoms with Gasteiger partial charge in [-0.05, 0) is 57.0 Å². The molecule has 42 heavy (non-hydrogen) atoms. The fourth-order valence-electron chi connectivity index (χ4n) is 5.02. The lowest BCUT2D eigenvalue weighted by molar-refractivity contribution is -0.176. The fourth-order valence-corrected chi connectivity index (χ4v) is 5.28. The van der Waals surface area contributed by atoms with Gasteiger partial charge in [0.05, 0.1) is 47.4 Å². The number of halogens is 4. The Hall–Kier alpha value is -3.61. The molecule has 5 rings (SSSR count). The maximum absolute atomic E-state index is 13.6. The second-order valence-electron chi connectivity index (χ2n) is 10.7. The van der Waals surface area contributed by atoms with Crippen LogP contribution in [0.2, 0.25) is 5.02 Å². The average molecular weight is 606 g/mol. The first-order valence-electron chi connectivity index (χ1n) is 13.6. The molecule has 2 aromatic heterocycles. The number of alkyl halides is 3. The maximum Gasteiger partial charge on any atom is 0.416 e. The van der Waals surface area contributed by atoms with Crippen LogP contribution in [0.25, 0.3) is 11.3 Å². The Morgan fingerprint density at radius 3 is 2.71 bits per heavy atom. The van der Waals surface area contributed by atoms with E-state index in [1.54, 1.807) is 36.9 Å². The minimum absolute atomic E-state index is 0.160. The Labute approximate surface area is 246 Å². The van der Waals surface area contributed by atoms with E-state index in [0.29, 0.717) is 49.3 Å². The third-order valence-corrected chi connectivity index (χ3v) is 7.22. The monoisotopic (exact) mass is 605 g/mol. The molecule has 2 aliphatic rings. The van der Waals surface area contributed by atoms with Crippen molar-refractivity contribution >= 4 is 35.0 Å². The van der Waals surface area contributed by atoms with E-state index in [4.69, 9.17) is 21.1 Å². The van der Waals surface area contributed by atoms with E-state index >= 15 is 0 Å². The van der Waals surface area contributed by atoms with Crippen LogP contribution in [0.15, 0.2) is 48.7 Å². The summed E-state index contributed by atoms with van der Waals surface area (Å²) in [6.07, 6.45) is -0.877. The molecule has 224 valence electrons. The second kappa shape index (κ2) is 11.9. The first kappa shape index (κ1) is 29.9. The van der Waals surface area contributed by atoms with Crippen LogP contribution in [-0.4, -0.2) is 59.2 Å². The number of aromatic nitrogens is 2. The molecular weight excluding hydrogens is 575 g/mol. The fraction of sp³-hybridized carbons (Fsp3) is 0.414. The van der Waals surface area contributed by atoms with Gasteiger partial charge in [-0.2, -0.15) is 13.2 Å². The molecule has 1 saturated heterocycles. The summed E-state index contributed by atoms with van der Waals surface area (Å²) in [4.78, 5) is 26.2. The van der Waals surface area contributed by atoms with Gasteiger partial charge < -0.3 is 19.5 Å². The predicted octanol–water partition coefficient (Wildman–Crippen LogP) is 6.35. The third kappa shape index (κ3) is 6.88. The minimum Gasteiger partial charge on any atom is -0.492 e. The lowest BCUT2D eigenvalue weighted by Gasteiger charge is -2.46. The number of amides is 2. The molecule has 2 aliphatic heterocycles. The first-order chi connectivity index (χ1) is 19.9. The standard InChI is InChI=1S/C29H31ClF3N5O4/c1-28(2,40)42-13-5-12-41-21-9-10-24(34-16-21)35-27(39)38-20-8-4-11-37(17-20)23-15-22(30)25(36-26(23)38)18-6-3-7-19(14-18)29(31,32)33/h3,6-7,9-10,14-16,20,40H,4-5,8,11-13,17H2,1-2H3,(H,34,35,39). The van der Waals surface area contributed by atoms with Gasteiger partial charge in [-0.1, -0.05) is 23.7 Å². The number of benzene rings is 1. The quantitative estimate of drug-likeness (QED) is 0.228. The van der Waals surface area contributed by atoms with Gasteiger partial charge >= 0.3 is 12.2 Å². The van der Waals surface area contributed by atoms with Crippen molar-refractivity contribution in [1.29, 1.82) is 0 Å². The van der Waals surface area contributed by atoms with Crippen LogP contribution in [0, 0.1) is 0 Å². The summed E-state index contributed by atoms with van der Waals surface area (Å²) in [5, 5.41) is 12.6. The normalized spacial score (nSPS) is 16.7. The highest BCUT2D eigenvalue weighted by Crippen LogP contribution is 2.43. The van der Waals surface area contributed by atoms with Crippen molar-refractivity contribution in [2.75, 3.05) is 41.4 Å². The summed E-state index contributed by atoms with van der Waals surface area (Å²) in [5.74, 6) is -0.0733. The number of aliphatic hydroxyl groups is 1. The van der Waals surface area contributed by atoms with Gasteiger partial charge in [0.1, 0.15) is 11.6 Å². The van der Waals surface area contributed by atoms with Crippen molar-refractivity contribution in [1.82, 2.24) is 9.97 Å². The van der Waals surface area contributed by atoms with Gasteiger partial charge in [-0.3, -0.25) is 10.2 Å². The number of pyridine rings is 2. The lowest BCUT2D eigenvalue weighted by atomic mass is 9.99. The van der Waals surface area contributed by atoms with E-state index < -0.39 is 23.6 Å². The van der Waals surface area contributed by atoms with E-state index in [2.05, 4.69) is 20.2 Å². The summed E-state index contributed by atoms with van der Waals surface area (Å²) in [6.45, 7) is 5.13. The Morgan fingerprint density at radius 1 is 1.19 bits per heavy atom. The number of rotatable bonds is 8. The van der Waals surface area contributed by atoms with Gasteiger partial charge in [0.25, 0.3) is 0 Å². The van der Waals surface area contributed by atoms with Crippen LogP contribution < -0.4 is 19.9 Å². The lowest BCUT2D eigenvalue weighted by Crippen LogP contribution is -2.56. The summed E-state index contributed by atoms with van der Waals surface area (Å²) in [6, 6.07) is 9.11. The zero-order valence-electron chi connectivity index (χ0n) is 23.1. The Kier molecular flexibility index (Phi) is 8.49. The summed E-state index contributed by atoms with van der Waals surface area (Å²) in [5.41, 5.74) is 0.194.